The van der Waals surface area contributed by atoms with Gasteiger partial charge in [-0.2, -0.15) is 0 Å². The lowest BCUT2D eigenvalue weighted by molar-refractivity contribution is 0.0695. The highest BCUT2D eigenvalue weighted by Gasteiger charge is 2.25. The molecular weight excluding hydrogens is 281 g/mol. The molecule has 21 heavy (non-hydrogen) atoms. The normalized spacial score (nSPS) is 18.4. The number of aromatic carboxylic acids is 1. The van der Waals surface area contributed by atoms with Crippen molar-refractivity contribution in [2.45, 2.75) is 12.5 Å². The monoisotopic (exact) mass is 293 g/mol. The summed E-state index contributed by atoms with van der Waals surface area (Å²) in [6.07, 6.45) is 1.03. The van der Waals surface area contributed by atoms with Crippen LogP contribution in [0, 0.1) is 5.82 Å². The van der Waals surface area contributed by atoms with Crippen LogP contribution in [0.4, 0.5) is 10.2 Å². The number of H-pyrrole nitrogens is 1. The van der Waals surface area contributed by atoms with Gasteiger partial charge in [0, 0.05) is 19.3 Å². The maximum atomic E-state index is 14.1. The summed E-state index contributed by atoms with van der Waals surface area (Å²) in [6, 6.07) is 0.980. The summed E-state index contributed by atoms with van der Waals surface area (Å²) in [5, 5.41) is 18.3. The van der Waals surface area contributed by atoms with E-state index in [1.54, 1.807) is 4.90 Å². The molecule has 1 aliphatic heterocycles. The van der Waals surface area contributed by atoms with Gasteiger partial charge in [-0.25, -0.2) is 14.2 Å². The quantitative estimate of drug-likeness (QED) is 0.736. The third kappa shape index (κ3) is 2.23. The molecular formula is C13H12FN3O4. The van der Waals surface area contributed by atoms with Crippen LogP contribution in [0.15, 0.2) is 17.1 Å². The molecule has 0 saturated carbocycles. The van der Waals surface area contributed by atoms with Crippen molar-refractivity contribution in [3.8, 4) is 0 Å². The average Bonchev–Trinajstić information content (AvgIpc) is 2.85. The Bertz CT molecular complexity index is 789. The molecule has 0 spiro atoms. The summed E-state index contributed by atoms with van der Waals surface area (Å²) in [5.74, 6) is -2.06. The molecule has 3 heterocycles. The predicted octanol–water partition coefficient (Wildman–Crippen LogP) is 0.331. The Hall–Kier alpha value is -2.48. The molecule has 7 nitrogen and oxygen atoms in total. The number of halogens is 1. The van der Waals surface area contributed by atoms with Gasteiger partial charge in [-0.05, 0) is 12.5 Å². The van der Waals surface area contributed by atoms with E-state index in [1.165, 1.54) is 0 Å². The van der Waals surface area contributed by atoms with Crippen LogP contribution in [-0.2, 0) is 0 Å². The molecule has 8 heteroatoms. The van der Waals surface area contributed by atoms with Gasteiger partial charge in [0.2, 0.25) is 5.43 Å². The number of carboxylic acid groups (broad SMARTS) is 1. The topological polar surface area (TPSA) is 107 Å². The highest BCUT2D eigenvalue weighted by molar-refractivity contribution is 5.91. The Balaban J connectivity index is 2.15. The first-order valence-electron chi connectivity index (χ1n) is 6.35. The van der Waals surface area contributed by atoms with Crippen molar-refractivity contribution < 1.29 is 19.4 Å². The summed E-state index contributed by atoms with van der Waals surface area (Å²) in [7, 11) is 0. The molecule has 3 rings (SSSR count). The molecule has 0 radical (unpaired) electrons. The molecule has 0 aliphatic carbocycles. The highest BCUT2D eigenvalue weighted by atomic mass is 19.1. The molecule has 2 aromatic rings. The number of anilines is 1. The number of carbonyl (C=O) groups is 1. The SMILES string of the molecule is O=C(O)c1c[nH]c2nc(N3CCC(O)C3)c(F)cc2c1=O. The lowest BCUT2D eigenvalue weighted by Gasteiger charge is -2.17. The number of nitrogens with one attached hydrogen (secondary N) is 1. The number of hydrogen-bond acceptors (Lipinski definition) is 5. The number of fused-ring (bicyclic) bond motifs is 1. The van der Waals surface area contributed by atoms with E-state index in [0.29, 0.717) is 13.0 Å². The standard InChI is InChI=1S/C13H12FN3O4/c14-9-3-7-10(19)8(13(20)21)4-15-11(7)16-12(9)17-2-1-6(18)5-17/h3-4,6,18H,1-2,5H2,(H,20,21)(H,15,16,19). The maximum absolute atomic E-state index is 14.1. The van der Waals surface area contributed by atoms with Gasteiger partial charge in [-0.3, -0.25) is 4.79 Å². The largest absolute Gasteiger partial charge is 0.477 e. The first-order chi connectivity index (χ1) is 9.97. The molecule has 1 aliphatic rings. The molecule has 1 saturated heterocycles. The summed E-state index contributed by atoms with van der Waals surface area (Å²) in [6.45, 7) is 0.737. The molecule has 2 aromatic heterocycles. The van der Waals surface area contributed by atoms with Crippen LogP contribution in [-0.4, -0.2) is 45.3 Å². The van der Waals surface area contributed by atoms with Crippen molar-refractivity contribution in [2.75, 3.05) is 18.0 Å². The van der Waals surface area contributed by atoms with Crippen molar-refractivity contribution in [3.05, 3.63) is 33.9 Å². The minimum absolute atomic E-state index is 0.0396. The number of hydrogen-bond donors (Lipinski definition) is 3. The third-order valence-corrected chi connectivity index (χ3v) is 3.49. The second-order valence-corrected chi connectivity index (χ2v) is 4.92. The molecule has 0 amide bonds. The zero-order chi connectivity index (χ0) is 15.1. The number of aromatic amines is 1. The van der Waals surface area contributed by atoms with E-state index in [0.717, 1.165) is 12.3 Å². The lowest BCUT2D eigenvalue weighted by atomic mass is 10.2. The fraction of sp³-hybridized carbons (Fsp3) is 0.308. The van der Waals surface area contributed by atoms with Gasteiger partial charge in [0.1, 0.15) is 11.2 Å². The Morgan fingerprint density at radius 1 is 1.52 bits per heavy atom. The number of β-amino-alcohol motifs (C(OH)–C–C–N with tert-alkyl or cyclic N) is 1. The van der Waals surface area contributed by atoms with Gasteiger partial charge in [0.15, 0.2) is 11.6 Å². The number of nitrogens with zero attached hydrogens (tertiary/aromatic N) is 2. The van der Waals surface area contributed by atoms with Gasteiger partial charge in [0.25, 0.3) is 0 Å². The van der Waals surface area contributed by atoms with Crippen LogP contribution in [0.1, 0.15) is 16.8 Å². The zero-order valence-corrected chi connectivity index (χ0v) is 10.8. The molecule has 110 valence electrons. The van der Waals surface area contributed by atoms with Crippen LogP contribution < -0.4 is 10.3 Å². The molecule has 1 atom stereocenters. The lowest BCUT2D eigenvalue weighted by Crippen LogP contribution is -2.24. The van der Waals surface area contributed by atoms with Crippen molar-refractivity contribution in [3.63, 3.8) is 0 Å². The van der Waals surface area contributed by atoms with Crippen LogP contribution in [0.5, 0.6) is 0 Å². The molecule has 1 fully saturated rings. The van der Waals surface area contributed by atoms with Gasteiger partial charge >= 0.3 is 5.97 Å². The van der Waals surface area contributed by atoms with Crippen LogP contribution >= 0.6 is 0 Å². The number of aliphatic hydroxyl groups excluding tert-OH is 1. The van der Waals surface area contributed by atoms with E-state index in [2.05, 4.69) is 9.97 Å². The highest BCUT2D eigenvalue weighted by Crippen LogP contribution is 2.23. The van der Waals surface area contributed by atoms with E-state index in [9.17, 15) is 19.1 Å². The summed E-state index contributed by atoms with van der Waals surface area (Å²) < 4.78 is 14.1. The minimum Gasteiger partial charge on any atom is -0.477 e. The fourth-order valence-electron chi connectivity index (χ4n) is 2.43. The minimum atomic E-state index is -1.38. The predicted molar refractivity (Wildman–Crippen MR) is 72.1 cm³/mol. The average molecular weight is 293 g/mol. The number of rotatable bonds is 2. The second-order valence-electron chi connectivity index (χ2n) is 4.92. The summed E-state index contributed by atoms with van der Waals surface area (Å²) in [5.41, 5.74) is -1.13. The molecule has 0 aromatic carbocycles. The Kier molecular flexibility index (Phi) is 3.09. The first-order valence-corrected chi connectivity index (χ1v) is 6.35. The van der Waals surface area contributed by atoms with Gasteiger partial charge in [0.05, 0.1) is 11.5 Å². The first kappa shape index (κ1) is 13.5. The molecule has 3 N–H and O–H groups in total. The van der Waals surface area contributed by atoms with E-state index in [4.69, 9.17) is 5.11 Å². The van der Waals surface area contributed by atoms with Gasteiger partial charge < -0.3 is 20.1 Å². The van der Waals surface area contributed by atoms with Crippen molar-refractivity contribution in [1.82, 2.24) is 9.97 Å². The Morgan fingerprint density at radius 2 is 2.29 bits per heavy atom. The van der Waals surface area contributed by atoms with Crippen molar-refractivity contribution in [2.24, 2.45) is 0 Å². The van der Waals surface area contributed by atoms with Crippen molar-refractivity contribution in [1.29, 1.82) is 0 Å². The smallest absolute Gasteiger partial charge is 0.341 e. The number of aliphatic hydroxyl groups is 1. The maximum Gasteiger partial charge on any atom is 0.341 e. The summed E-state index contributed by atoms with van der Waals surface area (Å²) in [4.78, 5) is 31.1. The summed E-state index contributed by atoms with van der Waals surface area (Å²) >= 11 is 0. The van der Waals surface area contributed by atoms with Crippen LogP contribution in [0.2, 0.25) is 0 Å². The molecule has 1 unspecified atom stereocenters. The van der Waals surface area contributed by atoms with Crippen LogP contribution in [0.25, 0.3) is 11.0 Å². The van der Waals surface area contributed by atoms with Gasteiger partial charge in [-0.15, -0.1) is 0 Å². The van der Waals surface area contributed by atoms with Crippen molar-refractivity contribution >= 4 is 22.8 Å². The second kappa shape index (κ2) is 4.81. The number of aromatic nitrogens is 2. The number of pyridine rings is 2. The number of carboxylic acids is 1. The Morgan fingerprint density at radius 3 is 2.90 bits per heavy atom. The van der Waals surface area contributed by atoms with E-state index < -0.39 is 28.9 Å². The fourth-order valence-corrected chi connectivity index (χ4v) is 2.43. The zero-order valence-electron chi connectivity index (χ0n) is 10.8. The third-order valence-electron chi connectivity index (χ3n) is 3.49. The van der Waals surface area contributed by atoms with E-state index in [-0.39, 0.29) is 23.4 Å². The van der Waals surface area contributed by atoms with E-state index >= 15 is 0 Å². The van der Waals surface area contributed by atoms with E-state index in [1.807, 2.05) is 0 Å². The van der Waals surface area contributed by atoms with Gasteiger partial charge in [-0.1, -0.05) is 0 Å². The molecule has 0 bridgehead atoms. The van der Waals surface area contributed by atoms with Crippen LogP contribution in [0.3, 0.4) is 0 Å². The Labute approximate surface area is 117 Å².